The Morgan fingerprint density at radius 3 is 2.24 bits per heavy atom. The number of hydrogen-bond donors (Lipinski definition) is 1. The molecule has 0 aliphatic heterocycles. The normalized spacial score (nSPS) is 13.8. The molecule has 0 aliphatic rings. The van der Waals surface area contributed by atoms with Crippen molar-refractivity contribution in [3.05, 3.63) is 34.9 Å². The van der Waals surface area contributed by atoms with E-state index >= 15 is 0 Å². The van der Waals surface area contributed by atoms with E-state index < -0.39 is 11.7 Å². The summed E-state index contributed by atoms with van der Waals surface area (Å²) in [4.78, 5) is 0. The summed E-state index contributed by atoms with van der Waals surface area (Å²) < 4.78 is 5.59. The second-order valence-corrected chi connectivity index (χ2v) is 5.13. The molecule has 0 aliphatic carbocycles. The summed E-state index contributed by atoms with van der Waals surface area (Å²) in [6.45, 7) is 10.6. The highest BCUT2D eigenvalue weighted by Gasteiger charge is 2.28. The molecular weight excluding hydrogens is 212 g/mol. The van der Waals surface area contributed by atoms with Gasteiger partial charge in [0.15, 0.2) is 0 Å². The van der Waals surface area contributed by atoms with Gasteiger partial charge in [0.05, 0.1) is 11.7 Å². The van der Waals surface area contributed by atoms with Crippen LogP contribution >= 0.6 is 0 Å². The van der Waals surface area contributed by atoms with Crippen molar-refractivity contribution in [2.75, 3.05) is 6.61 Å². The molecule has 0 aromatic heterocycles. The molecule has 0 bridgehead atoms. The Bertz CT molecular complexity index is 349. The van der Waals surface area contributed by atoms with Crippen molar-refractivity contribution in [3.8, 4) is 0 Å². The summed E-state index contributed by atoms with van der Waals surface area (Å²) in [6.07, 6.45) is 0.160. The number of rotatable bonds is 5. The fraction of sp³-hybridized carbons (Fsp3) is 0.600. The highest BCUT2D eigenvalue weighted by Crippen LogP contribution is 2.22. The second-order valence-electron chi connectivity index (χ2n) is 5.13. The maximum Gasteiger partial charge on any atom is 0.0887 e. The quantitative estimate of drug-likeness (QED) is 0.851. The predicted molar refractivity (Wildman–Crippen MR) is 71.3 cm³/mol. The molecule has 2 nitrogen and oxygen atoms in total. The Labute approximate surface area is 105 Å². The maximum absolute atomic E-state index is 10.3. The van der Waals surface area contributed by atoms with E-state index in [1.54, 1.807) is 0 Å². The summed E-state index contributed by atoms with van der Waals surface area (Å²) in [7, 11) is 0. The summed E-state index contributed by atoms with van der Waals surface area (Å²) >= 11 is 0. The molecule has 0 radical (unpaired) electrons. The fourth-order valence-corrected chi connectivity index (χ4v) is 2.08. The maximum atomic E-state index is 10.3. The molecular formula is C15H24O2. The van der Waals surface area contributed by atoms with Crippen LogP contribution in [0.5, 0.6) is 0 Å². The first kappa shape index (κ1) is 14.2. The first-order chi connectivity index (χ1) is 7.88. The average molecular weight is 236 g/mol. The highest BCUT2D eigenvalue weighted by atomic mass is 16.5. The minimum Gasteiger partial charge on any atom is -0.390 e. The third-order valence-electron chi connectivity index (χ3n) is 3.36. The molecule has 1 rings (SSSR count). The summed E-state index contributed by atoms with van der Waals surface area (Å²) in [5.41, 5.74) is 3.20. The second kappa shape index (κ2) is 5.65. The number of aliphatic hydroxyl groups excluding tert-OH is 1. The van der Waals surface area contributed by atoms with Gasteiger partial charge in [-0.05, 0) is 51.3 Å². The van der Waals surface area contributed by atoms with Gasteiger partial charge in [-0.1, -0.05) is 18.2 Å². The van der Waals surface area contributed by atoms with Crippen molar-refractivity contribution >= 4 is 0 Å². The van der Waals surface area contributed by atoms with Gasteiger partial charge < -0.3 is 9.84 Å². The summed E-state index contributed by atoms with van der Waals surface area (Å²) in [6, 6.07) is 6.22. The molecule has 1 aromatic rings. The van der Waals surface area contributed by atoms with E-state index in [1.165, 1.54) is 16.7 Å². The third-order valence-corrected chi connectivity index (χ3v) is 3.36. The van der Waals surface area contributed by atoms with Crippen molar-refractivity contribution in [1.29, 1.82) is 0 Å². The van der Waals surface area contributed by atoms with Crippen molar-refractivity contribution < 1.29 is 9.84 Å². The average Bonchev–Trinajstić information content (AvgIpc) is 2.23. The molecule has 1 N–H and O–H groups in total. The van der Waals surface area contributed by atoms with E-state index in [9.17, 15) is 5.11 Å². The lowest BCUT2D eigenvalue weighted by atomic mass is 9.90. The molecule has 96 valence electrons. The van der Waals surface area contributed by atoms with Gasteiger partial charge in [-0.2, -0.15) is 0 Å². The van der Waals surface area contributed by atoms with Crippen LogP contribution in [0.25, 0.3) is 0 Å². The molecule has 1 atom stereocenters. The Kier molecular flexibility index (Phi) is 4.72. The number of ether oxygens (including phenoxy) is 1. The Morgan fingerprint density at radius 2 is 1.76 bits per heavy atom. The van der Waals surface area contributed by atoms with Crippen LogP contribution < -0.4 is 0 Å². The van der Waals surface area contributed by atoms with Crippen LogP contribution in [0.1, 0.15) is 37.5 Å². The smallest absolute Gasteiger partial charge is 0.0887 e. The van der Waals surface area contributed by atoms with Crippen LogP contribution in [0.3, 0.4) is 0 Å². The van der Waals surface area contributed by atoms with E-state index in [4.69, 9.17) is 4.74 Å². The molecule has 2 heteroatoms. The lowest BCUT2D eigenvalue weighted by Gasteiger charge is -2.31. The van der Waals surface area contributed by atoms with Gasteiger partial charge in [0, 0.05) is 13.0 Å². The van der Waals surface area contributed by atoms with Gasteiger partial charge >= 0.3 is 0 Å². The van der Waals surface area contributed by atoms with E-state index in [1.807, 2.05) is 26.8 Å². The summed E-state index contributed by atoms with van der Waals surface area (Å²) in [5.74, 6) is 0. The van der Waals surface area contributed by atoms with E-state index in [0.29, 0.717) is 13.0 Å². The number of aryl methyl sites for hydroxylation is 2. The van der Waals surface area contributed by atoms with Crippen LogP contribution in [0.15, 0.2) is 18.2 Å². The molecule has 17 heavy (non-hydrogen) atoms. The molecule has 0 saturated carbocycles. The van der Waals surface area contributed by atoms with Gasteiger partial charge in [-0.25, -0.2) is 0 Å². The SMILES string of the molecule is CCOC(C)(C)C(O)Cc1c(C)cccc1C. The van der Waals surface area contributed by atoms with Crippen molar-refractivity contribution in [3.63, 3.8) is 0 Å². The fourth-order valence-electron chi connectivity index (χ4n) is 2.08. The van der Waals surface area contributed by atoms with Gasteiger partial charge in [-0.15, -0.1) is 0 Å². The van der Waals surface area contributed by atoms with E-state index in [-0.39, 0.29) is 0 Å². The van der Waals surface area contributed by atoms with Crippen LogP contribution in [-0.4, -0.2) is 23.4 Å². The predicted octanol–water partition coefficient (Wildman–Crippen LogP) is 3.02. The van der Waals surface area contributed by atoms with Crippen LogP contribution in [0, 0.1) is 13.8 Å². The molecule has 1 unspecified atom stereocenters. The molecule has 0 amide bonds. The Hall–Kier alpha value is -0.860. The molecule has 1 aromatic carbocycles. The van der Waals surface area contributed by atoms with Gasteiger partial charge in [0.25, 0.3) is 0 Å². The third kappa shape index (κ3) is 3.55. The van der Waals surface area contributed by atoms with E-state index in [2.05, 4.69) is 26.0 Å². The first-order valence-electron chi connectivity index (χ1n) is 6.25. The highest BCUT2D eigenvalue weighted by molar-refractivity contribution is 5.34. The van der Waals surface area contributed by atoms with E-state index in [0.717, 1.165) is 0 Å². The zero-order valence-electron chi connectivity index (χ0n) is 11.6. The zero-order chi connectivity index (χ0) is 13.1. The van der Waals surface area contributed by atoms with Crippen molar-refractivity contribution in [2.45, 2.75) is 52.7 Å². The topological polar surface area (TPSA) is 29.5 Å². The Morgan fingerprint density at radius 1 is 1.24 bits per heavy atom. The largest absolute Gasteiger partial charge is 0.390 e. The summed E-state index contributed by atoms with van der Waals surface area (Å²) in [5, 5.41) is 10.3. The minimum atomic E-state index is -0.497. The monoisotopic (exact) mass is 236 g/mol. The number of hydrogen-bond acceptors (Lipinski definition) is 2. The van der Waals surface area contributed by atoms with Gasteiger partial charge in [0.1, 0.15) is 0 Å². The molecule has 0 saturated heterocycles. The first-order valence-corrected chi connectivity index (χ1v) is 6.25. The zero-order valence-corrected chi connectivity index (χ0v) is 11.6. The molecule has 0 heterocycles. The Balaban J connectivity index is 2.84. The minimum absolute atomic E-state index is 0.484. The number of benzene rings is 1. The standard InChI is InChI=1S/C15H24O2/c1-6-17-15(4,5)14(16)10-13-11(2)8-7-9-12(13)3/h7-9,14,16H,6,10H2,1-5H3. The van der Waals surface area contributed by atoms with Gasteiger partial charge in [0.2, 0.25) is 0 Å². The molecule has 0 spiro atoms. The van der Waals surface area contributed by atoms with Crippen LogP contribution in [0.2, 0.25) is 0 Å². The van der Waals surface area contributed by atoms with Crippen LogP contribution in [-0.2, 0) is 11.2 Å². The number of aliphatic hydroxyl groups is 1. The lowest BCUT2D eigenvalue weighted by molar-refractivity contribution is -0.0955. The lowest BCUT2D eigenvalue weighted by Crippen LogP contribution is -2.40. The molecule has 0 fully saturated rings. The van der Waals surface area contributed by atoms with Gasteiger partial charge in [-0.3, -0.25) is 0 Å². The van der Waals surface area contributed by atoms with Crippen molar-refractivity contribution in [1.82, 2.24) is 0 Å². The van der Waals surface area contributed by atoms with Crippen LogP contribution in [0.4, 0.5) is 0 Å². The van der Waals surface area contributed by atoms with Crippen molar-refractivity contribution in [2.24, 2.45) is 0 Å².